The van der Waals surface area contributed by atoms with Crippen molar-refractivity contribution in [2.75, 3.05) is 20.8 Å². The van der Waals surface area contributed by atoms with Gasteiger partial charge in [0, 0.05) is 35.7 Å². The molecule has 0 radical (unpaired) electrons. The molecule has 0 bridgehead atoms. The largest absolute Gasteiger partial charge is 0.508 e. The first kappa shape index (κ1) is 38.3. The molecule has 1 fully saturated rings. The summed E-state index contributed by atoms with van der Waals surface area (Å²) in [6, 6.07) is 9.28. The maximum atomic E-state index is 11.8. The standard InChI is InChI=1S/C38H38O18/c1-51-24-6-14(7-25(52-2)30(24)47)35-37(56-38-33(50)32(49)31(48)26(12-39)54-38)29(27-20(44)8-15(40)9-23(27)53-35)28-21(45)11-18(42)16-10-22(46)34(55-36(16)28)13-3-4-17(41)19(43)5-13/h3-9,11,22,26,29,31-34,38-50H,10,12H2,1-2H3/t22-,26+,29?,31+,32-,33+,34+,38-/m0/s1. The summed E-state index contributed by atoms with van der Waals surface area (Å²) in [5.74, 6) is -6.81. The van der Waals surface area contributed by atoms with E-state index in [-0.39, 0.29) is 63.0 Å². The Labute approximate surface area is 316 Å². The van der Waals surface area contributed by atoms with Gasteiger partial charge in [-0.2, -0.15) is 0 Å². The third-order valence-electron chi connectivity index (χ3n) is 9.93. The van der Waals surface area contributed by atoms with Crippen molar-refractivity contribution < 1.29 is 89.7 Å². The van der Waals surface area contributed by atoms with Gasteiger partial charge in [0.1, 0.15) is 65.0 Å². The predicted molar refractivity (Wildman–Crippen MR) is 188 cm³/mol. The Balaban J connectivity index is 1.53. The van der Waals surface area contributed by atoms with Crippen LogP contribution in [0.15, 0.2) is 54.3 Å². The molecule has 12 N–H and O–H groups in total. The Hall–Kier alpha value is -6.02. The minimum absolute atomic E-state index is 0.0236. The van der Waals surface area contributed by atoms with E-state index in [1.54, 1.807) is 0 Å². The predicted octanol–water partition coefficient (Wildman–Crippen LogP) is 1.39. The number of phenolic OH excluding ortho intramolecular Hbond substituents is 7. The number of fused-ring (bicyclic) bond motifs is 2. The summed E-state index contributed by atoms with van der Waals surface area (Å²) in [7, 11) is 2.51. The third kappa shape index (κ3) is 6.37. The van der Waals surface area contributed by atoms with Crippen molar-refractivity contribution in [1.29, 1.82) is 0 Å². The lowest BCUT2D eigenvalue weighted by atomic mass is 9.81. The van der Waals surface area contributed by atoms with E-state index in [1.165, 1.54) is 32.4 Å². The second-order valence-electron chi connectivity index (χ2n) is 13.3. The van der Waals surface area contributed by atoms with Gasteiger partial charge in [-0.15, -0.1) is 0 Å². The monoisotopic (exact) mass is 782 g/mol. The van der Waals surface area contributed by atoms with E-state index < -0.39 is 101 Å². The van der Waals surface area contributed by atoms with Crippen LogP contribution in [0.5, 0.6) is 63.2 Å². The normalized spacial score (nSPS) is 25.7. The molecule has 0 amide bonds. The lowest BCUT2D eigenvalue weighted by Crippen LogP contribution is -2.59. The zero-order valence-corrected chi connectivity index (χ0v) is 29.5. The summed E-state index contributed by atoms with van der Waals surface area (Å²) in [5, 5.41) is 129. The Morgan fingerprint density at radius 1 is 0.714 bits per heavy atom. The minimum atomic E-state index is -2.00. The summed E-state index contributed by atoms with van der Waals surface area (Å²) < 4.78 is 35.3. The van der Waals surface area contributed by atoms with Crippen LogP contribution in [0.2, 0.25) is 0 Å². The molecule has 0 spiro atoms. The number of aliphatic hydroxyl groups is 5. The van der Waals surface area contributed by atoms with Crippen LogP contribution in [0.1, 0.15) is 39.8 Å². The van der Waals surface area contributed by atoms with Crippen molar-refractivity contribution in [3.8, 4) is 63.2 Å². The fourth-order valence-corrected chi connectivity index (χ4v) is 7.14. The van der Waals surface area contributed by atoms with Gasteiger partial charge in [-0.3, -0.25) is 0 Å². The summed E-state index contributed by atoms with van der Waals surface area (Å²) >= 11 is 0. The van der Waals surface area contributed by atoms with Crippen LogP contribution in [0, 0.1) is 0 Å². The molecule has 4 aromatic carbocycles. The van der Waals surface area contributed by atoms with E-state index in [4.69, 9.17) is 28.4 Å². The van der Waals surface area contributed by atoms with Crippen molar-refractivity contribution in [2.24, 2.45) is 0 Å². The molecule has 1 unspecified atom stereocenters. The molecular weight excluding hydrogens is 744 g/mol. The van der Waals surface area contributed by atoms with Crippen molar-refractivity contribution in [3.63, 3.8) is 0 Å². The highest BCUT2D eigenvalue weighted by Crippen LogP contribution is 2.58. The van der Waals surface area contributed by atoms with E-state index in [1.807, 2.05) is 0 Å². The summed E-state index contributed by atoms with van der Waals surface area (Å²) in [6.07, 6.45) is -12.0. The molecule has 0 aromatic heterocycles. The second-order valence-corrected chi connectivity index (χ2v) is 13.3. The summed E-state index contributed by atoms with van der Waals surface area (Å²) in [6.45, 7) is -0.831. The van der Waals surface area contributed by atoms with Crippen LogP contribution in [0.4, 0.5) is 0 Å². The van der Waals surface area contributed by atoms with Gasteiger partial charge < -0.3 is 89.7 Å². The Morgan fingerprint density at radius 2 is 1.39 bits per heavy atom. The molecule has 0 saturated carbocycles. The molecule has 56 heavy (non-hydrogen) atoms. The average Bonchev–Trinajstić information content (AvgIpc) is 3.16. The number of hydrogen-bond donors (Lipinski definition) is 12. The molecule has 7 rings (SSSR count). The van der Waals surface area contributed by atoms with Crippen molar-refractivity contribution >= 4 is 5.76 Å². The number of aromatic hydroxyl groups is 7. The second kappa shape index (κ2) is 14.6. The van der Waals surface area contributed by atoms with Gasteiger partial charge in [0.15, 0.2) is 34.5 Å². The number of hydrogen-bond acceptors (Lipinski definition) is 18. The van der Waals surface area contributed by atoms with Crippen LogP contribution in [-0.2, 0) is 15.9 Å². The van der Waals surface area contributed by atoms with Crippen LogP contribution in [-0.4, -0.2) is 119 Å². The molecule has 3 heterocycles. The zero-order valence-electron chi connectivity index (χ0n) is 29.5. The summed E-state index contributed by atoms with van der Waals surface area (Å²) in [5.41, 5.74) is -0.281. The first-order valence-corrected chi connectivity index (χ1v) is 17.0. The Kier molecular flexibility index (Phi) is 9.95. The van der Waals surface area contributed by atoms with E-state index in [0.29, 0.717) is 0 Å². The first-order chi connectivity index (χ1) is 26.7. The molecule has 3 aliphatic heterocycles. The maximum Gasteiger partial charge on any atom is 0.228 e. The molecule has 18 nitrogen and oxygen atoms in total. The van der Waals surface area contributed by atoms with Gasteiger partial charge in [-0.05, 0) is 29.8 Å². The highest BCUT2D eigenvalue weighted by Gasteiger charge is 2.49. The quantitative estimate of drug-likeness (QED) is 0.112. The molecule has 4 aromatic rings. The van der Waals surface area contributed by atoms with Gasteiger partial charge in [-0.25, -0.2) is 0 Å². The SMILES string of the molecule is COc1cc(C2=C(O[C@@H]3O[C@H](CO)[C@@H](O)[C@H](O)[C@H]3O)C(c3c(O)cc(O)c4c3O[C@H](c3ccc(O)c(O)c3)[C@@H](O)C4)c3c(O)cc(O)cc3O2)cc(OC)c1O. The first-order valence-electron chi connectivity index (χ1n) is 17.0. The Morgan fingerprint density at radius 3 is 2.04 bits per heavy atom. The highest BCUT2D eigenvalue weighted by atomic mass is 16.7. The van der Waals surface area contributed by atoms with Gasteiger partial charge in [0.05, 0.1) is 44.0 Å². The lowest BCUT2D eigenvalue weighted by molar-refractivity contribution is -0.292. The number of aliphatic hydroxyl groups excluding tert-OH is 5. The van der Waals surface area contributed by atoms with Crippen molar-refractivity contribution in [1.82, 2.24) is 0 Å². The smallest absolute Gasteiger partial charge is 0.228 e. The van der Waals surface area contributed by atoms with Crippen LogP contribution >= 0.6 is 0 Å². The number of methoxy groups -OCH3 is 2. The molecular formula is C38H38O18. The molecule has 3 aliphatic rings. The minimum Gasteiger partial charge on any atom is -0.508 e. The van der Waals surface area contributed by atoms with E-state index in [2.05, 4.69) is 0 Å². The molecule has 18 heteroatoms. The highest BCUT2D eigenvalue weighted by molar-refractivity contribution is 5.78. The average molecular weight is 783 g/mol. The molecule has 0 aliphatic carbocycles. The number of allylic oxidation sites excluding steroid dienone is 1. The van der Waals surface area contributed by atoms with Crippen LogP contribution in [0.3, 0.4) is 0 Å². The fraction of sp³-hybridized carbons (Fsp3) is 0.316. The fourth-order valence-electron chi connectivity index (χ4n) is 7.14. The van der Waals surface area contributed by atoms with Crippen molar-refractivity contribution in [3.05, 3.63) is 82.1 Å². The van der Waals surface area contributed by atoms with Gasteiger partial charge >= 0.3 is 0 Å². The number of benzene rings is 4. The number of ether oxygens (including phenoxy) is 6. The molecule has 1 saturated heterocycles. The Bertz CT molecular complexity index is 2180. The lowest BCUT2D eigenvalue weighted by Gasteiger charge is -2.42. The molecule has 298 valence electrons. The van der Waals surface area contributed by atoms with E-state index in [9.17, 15) is 61.3 Å². The zero-order chi connectivity index (χ0) is 40.3. The number of phenols is 7. The summed E-state index contributed by atoms with van der Waals surface area (Å²) in [4.78, 5) is 0. The third-order valence-corrected chi connectivity index (χ3v) is 9.93. The topological polar surface area (TPSA) is 298 Å². The van der Waals surface area contributed by atoms with E-state index >= 15 is 0 Å². The maximum absolute atomic E-state index is 11.8. The van der Waals surface area contributed by atoms with Gasteiger partial charge in [0.2, 0.25) is 12.0 Å². The van der Waals surface area contributed by atoms with E-state index in [0.717, 1.165) is 30.3 Å². The number of rotatable bonds is 8. The van der Waals surface area contributed by atoms with Gasteiger partial charge in [-0.1, -0.05) is 6.07 Å². The van der Waals surface area contributed by atoms with Crippen molar-refractivity contribution in [2.45, 2.75) is 55.3 Å². The molecule has 8 atom stereocenters. The van der Waals surface area contributed by atoms with Crippen LogP contribution < -0.4 is 18.9 Å². The van der Waals surface area contributed by atoms with Crippen LogP contribution in [0.25, 0.3) is 5.76 Å². The van der Waals surface area contributed by atoms with Gasteiger partial charge in [0.25, 0.3) is 0 Å².